The molecule has 0 spiro atoms. The summed E-state index contributed by atoms with van der Waals surface area (Å²) >= 11 is 3.05. The summed E-state index contributed by atoms with van der Waals surface area (Å²) in [6.45, 7) is 1.35. The molecule has 0 atom stereocenters. The van der Waals surface area contributed by atoms with Gasteiger partial charge < -0.3 is 15.4 Å². The second-order valence-electron chi connectivity index (χ2n) is 3.35. The van der Waals surface area contributed by atoms with E-state index in [4.69, 9.17) is 4.74 Å². The van der Waals surface area contributed by atoms with Gasteiger partial charge >= 0.3 is 0 Å². The van der Waals surface area contributed by atoms with Crippen LogP contribution in [-0.4, -0.2) is 32.7 Å². The van der Waals surface area contributed by atoms with Crippen molar-refractivity contribution in [1.82, 2.24) is 5.32 Å². The molecule has 4 nitrogen and oxygen atoms in total. The summed E-state index contributed by atoms with van der Waals surface area (Å²) in [5.74, 6) is -0.541. The molecule has 0 aliphatic rings. The Kier molecular flexibility index (Phi) is 6.10. The minimum absolute atomic E-state index is 0.181. The Hall–Kier alpha value is -0.980. The summed E-state index contributed by atoms with van der Waals surface area (Å²) in [6, 6.07) is 4.31. The topological polar surface area (TPSA) is 50.4 Å². The van der Waals surface area contributed by atoms with Gasteiger partial charge in [0.15, 0.2) is 0 Å². The lowest BCUT2D eigenvalue weighted by molar-refractivity contribution is -0.115. The number of benzene rings is 1. The Morgan fingerprint density at radius 2 is 2.29 bits per heavy atom. The van der Waals surface area contributed by atoms with Crippen molar-refractivity contribution in [2.45, 2.75) is 0 Å². The van der Waals surface area contributed by atoms with Crippen molar-refractivity contribution in [1.29, 1.82) is 0 Å². The summed E-state index contributed by atoms with van der Waals surface area (Å²) in [4.78, 5) is 11.4. The normalized spacial score (nSPS) is 10.3. The third-order valence-corrected chi connectivity index (χ3v) is 2.58. The molecular formula is C11H14BrFN2O2. The fraction of sp³-hybridized carbons (Fsp3) is 0.364. The van der Waals surface area contributed by atoms with Crippen LogP contribution in [0.4, 0.5) is 10.1 Å². The van der Waals surface area contributed by atoms with Crippen LogP contribution in [0.3, 0.4) is 0 Å². The van der Waals surface area contributed by atoms with Crippen molar-refractivity contribution in [3.8, 4) is 0 Å². The van der Waals surface area contributed by atoms with Crippen LogP contribution in [0, 0.1) is 5.82 Å². The first-order chi connectivity index (χ1) is 8.13. The highest BCUT2D eigenvalue weighted by atomic mass is 79.9. The Morgan fingerprint density at radius 3 is 2.94 bits per heavy atom. The first-order valence-corrected chi connectivity index (χ1v) is 5.87. The number of carbonyl (C=O) groups excluding carboxylic acids is 1. The standard InChI is InChI=1S/C11H14BrFN2O2/c1-17-5-4-14-7-11(16)15-8-2-3-10(13)9(12)6-8/h2-3,6,14H,4-5,7H2,1H3,(H,15,16). The highest BCUT2D eigenvalue weighted by molar-refractivity contribution is 9.10. The molecule has 0 radical (unpaired) electrons. The molecule has 0 aliphatic heterocycles. The molecule has 0 unspecified atom stereocenters. The zero-order chi connectivity index (χ0) is 12.7. The van der Waals surface area contributed by atoms with Gasteiger partial charge in [0.05, 0.1) is 17.6 Å². The number of hydrogen-bond acceptors (Lipinski definition) is 3. The van der Waals surface area contributed by atoms with Crippen molar-refractivity contribution >= 4 is 27.5 Å². The number of hydrogen-bond donors (Lipinski definition) is 2. The van der Waals surface area contributed by atoms with Gasteiger partial charge in [-0.15, -0.1) is 0 Å². The molecule has 1 aromatic rings. The number of carbonyl (C=O) groups is 1. The second-order valence-corrected chi connectivity index (χ2v) is 4.20. The smallest absolute Gasteiger partial charge is 0.238 e. The zero-order valence-corrected chi connectivity index (χ0v) is 11.0. The third kappa shape index (κ3) is 5.25. The van der Waals surface area contributed by atoms with Crippen LogP contribution in [0.25, 0.3) is 0 Å². The van der Waals surface area contributed by atoms with Crippen LogP contribution in [-0.2, 0) is 9.53 Å². The van der Waals surface area contributed by atoms with Crippen LogP contribution in [0.15, 0.2) is 22.7 Å². The van der Waals surface area contributed by atoms with Gasteiger partial charge in [0, 0.05) is 19.3 Å². The van der Waals surface area contributed by atoms with E-state index in [0.29, 0.717) is 23.3 Å². The van der Waals surface area contributed by atoms with Gasteiger partial charge in [-0.1, -0.05) is 0 Å². The van der Waals surface area contributed by atoms with Gasteiger partial charge in [0.25, 0.3) is 0 Å². The van der Waals surface area contributed by atoms with Crippen LogP contribution in [0.5, 0.6) is 0 Å². The Morgan fingerprint density at radius 1 is 1.53 bits per heavy atom. The van der Waals surface area contributed by atoms with Crippen LogP contribution < -0.4 is 10.6 Å². The van der Waals surface area contributed by atoms with Gasteiger partial charge in [0.2, 0.25) is 5.91 Å². The van der Waals surface area contributed by atoms with Crippen molar-refractivity contribution in [3.05, 3.63) is 28.5 Å². The number of methoxy groups -OCH3 is 1. The largest absolute Gasteiger partial charge is 0.383 e. The van der Waals surface area contributed by atoms with Crippen molar-refractivity contribution in [2.24, 2.45) is 0 Å². The minimum atomic E-state index is -0.360. The monoisotopic (exact) mass is 304 g/mol. The quantitative estimate of drug-likeness (QED) is 0.788. The highest BCUT2D eigenvalue weighted by Gasteiger charge is 2.04. The molecule has 94 valence electrons. The minimum Gasteiger partial charge on any atom is -0.383 e. The van der Waals surface area contributed by atoms with E-state index in [2.05, 4.69) is 26.6 Å². The SMILES string of the molecule is COCCNCC(=O)Nc1ccc(F)c(Br)c1. The van der Waals surface area contributed by atoms with Gasteiger partial charge in [-0.05, 0) is 34.1 Å². The summed E-state index contributed by atoms with van der Waals surface area (Å²) in [6.07, 6.45) is 0. The van der Waals surface area contributed by atoms with E-state index in [-0.39, 0.29) is 18.3 Å². The predicted molar refractivity (Wildman–Crippen MR) is 67.5 cm³/mol. The number of ether oxygens (including phenoxy) is 1. The molecule has 1 amide bonds. The zero-order valence-electron chi connectivity index (χ0n) is 9.43. The van der Waals surface area contributed by atoms with E-state index in [1.807, 2.05) is 0 Å². The van der Waals surface area contributed by atoms with Crippen LogP contribution >= 0.6 is 15.9 Å². The third-order valence-electron chi connectivity index (χ3n) is 1.97. The average Bonchev–Trinajstić information content (AvgIpc) is 2.30. The Bertz CT molecular complexity index is 388. The lowest BCUT2D eigenvalue weighted by Crippen LogP contribution is -2.30. The number of rotatable bonds is 6. The Balaban J connectivity index is 2.37. The van der Waals surface area contributed by atoms with Gasteiger partial charge in [-0.25, -0.2) is 4.39 Å². The maximum atomic E-state index is 12.9. The van der Waals surface area contributed by atoms with E-state index in [1.54, 1.807) is 7.11 Å². The lowest BCUT2D eigenvalue weighted by Gasteiger charge is -2.07. The molecular weight excluding hydrogens is 291 g/mol. The summed E-state index contributed by atoms with van der Waals surface area (Å²) in [5.41, 5.74) is 0.553. The molecule has 0 saturated heterocycles. The number of anilines is 1. The van der Waals surface area contributed by atoms with E-state index in [0.717, 1.165) is 0 Å². The second kappa shape index (κ2) is 7.37. The summed E-state index contributed by atoms with van der Waals surface area (Å²) in [5, 5.41) is 5.56. The number of nitrogens with one attached hydrogen (secondary N) is 2. The van der Waals surface area contributed by atoms with Crippen LogP contribution in [0.1, 0.15) is 0 Å². The molecule has 6 heteroatoms. The molecule has 0 heterocycles. The van der Waals surface area contributed by atoms with Crippen molar-refractivity contribution < 1.29 is 13.9 Å². The first-order valence-electron chi connectivity index (χ1n) is 5.08. The Labute approximate surface area is 108 Å². The van der Waals surface area contributed by atoms with E-state index in [1.165, 1.54) is 18.2 Å². The number of halogens is 2. The van der Waals surface area contributed by atoms with Crippen LogP contribution in [0.2, 0.25) is 0 Å². The maximum absolute atomic E-state index is 12.9. The van der Waals surface area contributed by atoms with Gasteiger partial charge in [-0.3, -0.25) is 4.79 Å². The molecule has 1 rings (SSSR count). The van der Waals surface area contributed by atoms with E-state index in [9.17, 15) is 9.18 Å². The average molecular weight is 305 g/mol. The van der Waals surface area contributed by atoms with Gasteiger partial charge in [0.1, 0.15) is 5.82 Å². The molecule has 0 saturated carbocycles. The molecule has 0 aliphatic carbocycles. The van der Waals surface area contributed by atoms with E-state index < -0.39 is 0 Å². The molecule has 0 fully saturated rings. The van der Waals surface area contributed by atoms with Gasteiger partial charge in [-0.2, -0.15) is 0 Å². The summed E-state index contributed by atoms with van der Waals surface area (Å²) in [7, 11) is 1.60. The summed E-state index contributed by atoms with van der Waals surface area (Å²) < 4.78 is 18.1. The molecule has 17 heavy (non-hydrogen) atoms. The molecule has 1 aromatic carbocycles. The van der Waals surface area contributed by atoms with Crippen molar-refractivity contribution in [2.75, 3.05) is 32.1 Å². The molecule has 2 N–H and O–H groups in total. The lowest BCUT2D eigenvalue weighted by atomic mass is 10.3. The molecule has 0 aromatic heterocycles. The maximum Gasteiger partial charge on any atom is 0.238 e. The first kappa shape index (κ1) is 14.1. The highest BCUT2D eigenvalue weighted by Crippen LogP contribution is 2.19. The number of amides is 1. The molecule has 0 bridgehead atoms. The fourth-order valence-electron chi connectivity index (χ4n) is 1.16. The fourth-order valence-corrected chi connectivity index (χ4v) is 1.53. The van der Waals surface area contributed by atoms with E-state index >= 15 is 0 Å². The predicted octanol–water partition coefficient (Wildman–Crippen LogP) is 1.76. The van der Waals surface area contributed by atoms with Crippen molar-refractivity contribution in [3.63, 3.8) is 0 Å².